The van der Waals surface area contributed by atoms with Gasteiger partial charge >= 0.3 is 5.69 Å². The molecule has 2 aromatic heterocycles. The van der Waals surface area contributed by atoms with Crippen LogP contribution in [0.1, 0.15) is 11.3 Å². The quantitative estimate of drug-likeness (QED) is 0.542. The number of nitro benzene ring substituents is 1. The number of aromatic nitrogens is 2. The Morgan fingerprint density at radius 1 is 1.32 bits per heavy atom. The van der Waals surface area contributed by atoms with E-state index >= 15 is 0 Å². The van der Waals surface area contributed by atoms with Crippen LogP contribution < -0.4 is 4.74 Å². The highest BCUT2D eigenvalue weighted by Crippen LogP contribution is 2.30. The van der Waals surface area contributed by atoms with E-state index in [1.165, 1.54) is 12.1 Å². The molecule has 1 aromatic carbocycles. The Hall–Kier alpha value is -2.60. The van der Waals surface area contributed by atoms with E-state index in [4.69, 9.17) is 16.3 Å². The van der Waals surface area contributed by atoms with Gasteiger partial charge in [0.05, 0.1) is 10.6 Å². The maximum absolute atomic E-state index is 11.0. The van der Waals surface area contributed by atoms with Gasteiger partial charge in [0.1, 0.15) is 12.3 Å². The van der Waals surface area contributed by atoms with Gasteiger partial charge in [-0.05, 0) is 30.7 Å². The van der Waals surface area contributed by atoms with Crippen molar-refractivity contribution in [3.8, 4) is 5.75 Å². The fourth-order valence-electron chi connectivity index (χ4n) is 2.13. The first-order valence-corrected chi connectivity index (χ1v) is 6.92. The van der Waals surface area contributed by atoms with Crippen molar-refractivity contribution in [2.75, 3.05) is 0 Å². The van der Waals surface area contributed by atoms with Crippen LogP contribution in [-0.2, 0) is 6.61 Å². The summed E-state index contributed by atoms with van der Waals surface area (Å²) in [5, 5.41) is 11.3. The monoisotopic (exact) mass is 317 g/mol. The van der Waals surface area contributed by atoms with Crippen LogP contribution in [0.15, 0.2) is 42.7 Å². The van der Waals surface area contributed by atoms with E-state index in [2.05, 4.69) is 4.98 Å². The number of nitro groups is 1. The topological polar surface area (TPSA) is 69.7 Å². The zero-order chi connectivity index (χ0) is 15.7. The molecule has 0 atom stereocenters. The molecule has 6 nitrogen and oxygen atoms in total. The highest BCUT2D eigenvalue weighted by Gasteiger charge is 2.16. The van der Waals surface area contributed by atoms with Crippen molar-refractivity contribution in [3.05, 3.63) is 69.1 Å². The lowest BCUT2D eigenvalue weighted by Crippen LogP contribution is -1.99. The zero-order valence-electron chi connectivity index (χ0n) is 11.7. The van der Waals surface area contributed by atoms with Gasteiger partial charge in [0.25, 0.3) is 0 Å². The SMILES string of the molecule is Cc1ccc2nc(COc3ccc(Cl)cc3[N+](=O)[O-])cn2c1. The molecule has 0 aliphatic heterocycles. The van der Waals surface area contributed by atoms with Crippen LogP contribution in [0.2, 0.25) is 5.02 Å². The maximum Gasteiger partial charge on any atom is 0.312 e. The molecule has 0 amide bonds. The van der Waals surface area contributed by atoms with Gasteiger partial charge in [-0.15, -0.1) is 0 Å². The fourth-order valence-corrected chi connectivity index (χ4v) is 2.30. The molecule has 7 heteroatoms. The van der Waals surface area contributed by atoms with Gasteiger partial charge in [0.15, 0.2) is 5.75 Å². The van der Waals surface area contributed by atoms with Crippen LogP contribution in [0.4, 0.5) is 5.69 Å². The molecule has 0 radical (unpaired) electrons. The first-order chi connectivity index (χ1) is 10.5. The Balaban J connectivity index is 1.83. The molecule has 0 bridgehead atoms. The van der Waals surface area contributed by atoms with Gasteiger partial charge < -0.3 is 9.14 Å². The number of halogens is 1. The molecule has 112 valence electrons. The summed E-state index contributed by atoms with van der Waals surface area (Å²) >= 11 is 5.77. The van der Waals surface area contributed by atoms with Crippen molar-refractivity contribution in [3.63, 3.8) is 0 Å². The molecular formula is C15H12ClN3O3. The van der Waals surface area contributed by atoms with Crippen LogP contribution in [-0.4, -0.2) is 14.3 Å². The van der Waals surface area contributed by atoms with E-state index < -0.39 is 4.92 Å². The Kier molecular flexibility index (Phi) is 3.68. The molecule has 0 spiro atoms. The Morgan fingerprint density at radius 3 is 2.91 bits per heavy atom. The summed E-state index contributed by atoms with van der Waals surface area (Å²) in [6.07, 6.45) is 3.79. The minimum atomic E-state index is -0.520. The minimum absolute atomic E-state index is 0.142. The van der Waals surface area contributed by atoms with Crippen LogP contribution in [0, 0.1) is 17.0 Å². The molecule has 0 aliphatic rings. The van der Waals surface area contributed by atoms with Crippen LogP contribution >= 0.6 is 11.6 Å². The third-order valence-corrected chi connectivity index (χ3v) is 3.38. The summed E-state index contributed by atoms with van der Waals surface area (Å²) in [5.41, 5.74) is 2.45. The third-order valence-electron chi connectivity index (χ3n) is 3.14. The fraction of sp³-hybridized carbons (Fsp3) is 0.133. The second kappa shape index (κ2) is 5.65. The van der Waals surface area contributed by atoms with Crippen LogP contribution in [0.25, 0.3) is 5.65 Å². The number of nitrogens with zero attached hydrogens (tertiary/aromatic N) is 3. The molecule has 3 aromatic rings. The summed E-state index contributed by atoms with van der Waals surface area (Å²) in [5.74, 6) is 0.169. The van der Waals surface area contributed by atoms with Crippen molar-refractivity contribution in [1.29, 1.82) is 0 Å². The number of rotatable bonds is 4. The van der Waals surface area contributed by atoms with Gasteiger partial charge in [0, 0.05) is 23.5 Å². The number of hydrogen-bond donors (Lipinski definition) is 0. The van der Waals surface area contributed by atoms with Crippen molar-refractivity contribution in [2.24, 2.45) is 0 Å². The lowest BCUT2D eigenvalue weighted by atomic mass is 10.3. The van der Waals surface area contributed by atoms with Crippen molar-refractivity contribution in [1.82, 2.24) is 9.38 Å². The summed E-state index contributed by atoms with van der Waals surface area (Å²) < 4.78 is 7.42. The first-order valence-electron chi connectivity index (χ1n) is 6.54. The normalized spacial score (nSPS) is 10.8. The molecule has 0 fully saturated rings. The van der Waals surface area contributed by atoms with Crippen molar-refractivity contribution >= 4 is 22.9 Å². The van der Waals surface area contributed by atoms with Crippen LogP contribution in [0.3, 0.4) is 0 Å². The lowest BCUT2D eigenvalue weighted by molar-refractivity contribution is -0.385. The molecule has 0 aliphatic carbocycles. The average Bonchev–Trinajstić information content (AvgIpc) is 2.87. The maximum atomic E-state index is 11.0. The number of pyridine rings is 1. The Bertz CT molecular complexity index is 860. The average molecular weight is 318 g/mol. The number of imidazole rings is 1. The molecular weight excluding hydrogens is 306 g/mol. The molecule has 3 rings (SSSR count). The van der Waals surface area contributed by atoms with Crippen molar-refractivity contribution < 1.29 is 9.66 Å². The first kappa shape index (κ1) is 14.3. The van der Waals surface area contributed by atoms with Crippen molar-refractivity contribution in [2.45, 2.75) is 13.5 Å². The molecule has 0 saturated heterocycles. The highest BCUT2D eigenvalue weighted by atomic mass is 35.5. The lowest BCUT2D eigenvalue weighted by Gasteiger charge is -2.05. The summed E-state index contributed by atoms with van der Waals surface area (Å²) in [4.78, 5) is 14.9. The molecule has 0 unspecified atom stereocenters. The standard InChI is InChI=1S/C15H12ClN3O3/c1-10-2-5-15-17-12(8-18(15)7-10)9-22-14-4-3-11(16)6-13(14)19(20)21/h2-8H,9H2,1H3. The predicted octanol–water partition coefficient (Wildman–Crippen LogP) is 3.78. The summed E-state index contributed by atoms with van der Waals surface area (Å²) in [6, 6.07) is 8.18. The van der Waals surface area contributed by atoms with Gasteiger partial charge in [-0.1, -0.05) is 17.7 Å². The number of hydrogen-bond acceptors (Lipinski definition) is 4. The van der Waals surface area contributed by atoms with E-state index in [1.54, 1.807) is 6.07 Å². The highest BCUT2D eigenvalue weighted by molar-refractivity contribution is 6.30. The van der Waals surface area contributed by atoms with Crippen LogP contribution in [0.5, 0.6) is 5.75 Å². The van der Waals surface area contributed by atoms with Gasteiger partial charge in [-0.25, -0.2) is 4.98 Å². The number of aryl methyl sites for hydroxylation is 1. The second-order valence-corrected chi connectivity index (χ2v) is 5.30. The number of benzene rings is 1. The van der Waals surface area contributed by atoms with Gasteiger partial charge in [-0.3, -0.25) is 10.1 Å². The Labute approximate surface area is 131 Å². The number of ether oxygens (including phenoxy) is 1. The van der Waals surface area contributed by atoms with Gasteiger partial charge in [0.2, 0.25) is 0 Å². The minimum Gasteiger partial charge on any atom is -0.480 e. The second-order valence-electron chi connectivity index (χ2n) is 4.86. The molecule has 0 N–H and O–H groups in total. The smallest absolute Gasteiger partial charge is 0.312 e. The van der Waals surface area contributed by atoms with E-state index in [0.717, 1.165) is 11.2 Å². The van der Waals surface area contributed by atoms with E-state index in [0.29, 0.717) is 10.7 Å². The van der Waals surface area contributed by atoms with E-state index in [9.17, 15) is 10.1 Å². The zero-order valence-corrected chi connectivity index (χ0v) is 12.4. The Morgan fingerprint density at radius 2 is 2.14 bits per heavy atom. The molecule has 2 heterocycles. The molecule has 22 heavy (non-hydrogen) atoms. The summed E-state index contributed by atoms with van der Waals surface area (Å²) in [7, 11) is 0. The third kappa shape index (κ3) is 2.87. The van der Waals surface area contributed by atoms with E-state index in [1.807, 2.05) is 35.9 Å². The molecule has 0 saturated carbocycles. The van der Waals surface area contributed by atoms with Gasteiger partial charge in [-0.2, -0.15) is 0 Å². The van der Waals surface area contributed by atoms with E-state index in [-0.39, 0.29) is 18.0 Å². The summed E-state index contributed by atoms with van der Waals surface area (Å²) in [6.45, 7) is 2.13. The predicted molar refractivity (Wildman–Crippen MR) is 82.4 cm³/mol. The number of fused-ring (bicyclic) bond motifs is 1. The largest absolute Gasteiger partial charge is 0.480 e.